The van der Waals surface area contributed by atoms with Gasteiger partial charge in [-0.2, -0.15) is 0 Å². The van der Waals surface area contributed by atoms with Gasteiger partial charge in [0.2, 0.25) is 0 Å². The lowest BCUT2D eigenvalue weighted by atomic mass is 10.1. The van der Waals surface area contributed by atoms with E-state index in [0.717, 1.165) is 31.0 Å². The van der Waals surface area contributed by atoms with Crippen molar-refractivity contribution >= 4 is 33.2 Å². The van der Waals surface area contributed by atoms with E-state index < -0.39 is 11.7 Å². The summed E-state index contributed by atoms with van der Waals surface area (Å²) in [5.74, 6) is -1.35. The molecule has 3 aromatic rings. The molecule has 1 fully saturated rings. The summed E-state index contributed by atoms with van der Waals surface area (Å²) < 4.78 is 16.8. The van der Waals surface area contributed by atoms with Crippen molar-refractivity contribution < 1.29 is 9.18 Å². The number of hydrogen-bond acceptors (Lipinski definition) is 4. The Kier molecular flexibility index (Phi) is 4.84. The number of benzene rings is 1. The molecule has 0 radical (unpaired) electrons. The molecule has 4 rings (SSSR count). The second-order valence-electron chi connectivity index (χ2n) is 6.61. The molecule has 0 unspecified atom stereocenters. The van der Waals surface area contributed by atoms with Crippen LogP contribution in [0.4, 0.5) is 10.1 Å². The second-order valence-corrected chi connectivity index (χ2v) is 7.52. The van der Waals surface area contributed by atoms with Gasteiger partial charge in [-0.05, 0) is 24.3 Å². The normalized spacial score (nSPS) is 15.4. The molecule has 2 aromatic heterocycles. The maximum Gasteiger partial charge on any atom is 0.253 e. The molecule has 0 aliphatic carbocycles. The lowest BCUT2D eigenvalue weighted by Gasteiger charge is -2.36. The fraction of sp³-hybridized carbons (Fsp3) is 0.263. The third kappa shape index (κ3) is 3.68. The Labute approximate surface area is 164 Å². The molecule has 0 atom stereocenters. The highest BCUT2D eigenvalue weighted by Gasteiger charge is 2.24. The van der Waals surface area contributed by atoms with Crippen molar-refractivity contribution in [2.75, 3.05) is 31.1 Å². The number of halogens is 2. The first-order valence-electron chi connectivity index (χ1n) is 8.70. The number of amides is 1. The highest BCUT2D eigenvalue weighted by Crippen LogP contribution is 2.29. The molecular weight excluding hydrogens is 413 g/mol. The number of carbonyl (C=O) groups is 1. The predicted octanol–water partition coefficient (Wildman–Crippen LogP) is 2.66. The minimum absolute atomic E-state index is 0.0491. The predicted molar refractivity (Wildman–Crippen MR) is 105 cm³/mol. The fourth-order valence-electron chi connectivity index (χ4n) is 3.49. The van der Waals surface area contributed by atoms with Crippen LogP contribution in [0.1, 0.15) is 16.1 Å². The van der Waals surface area contributed by atoms with Crippen LogP contribution >= 0.6 is 15.9 Å². The Morgan fingerprint density at radius 3 is 2.70 bits per heavy atom. The molecule has 0 saturated carbocycles. The number of piperazine rings is 1. The van der Waals surface area contributed by atoms with Gasteiger partial charge in [0.15, 0.2) is 0 Å². The lowest BCUT2D eigenvalue weighted by Crippen LogP contribution is -2.46. The Morgan fingerprint density at radius 2 is 2.00 bits per heavy atom. The van der Waals surface area contributed by atoms with Gasteiger partial charge in [0, 0.05) is 49.6 Å². The largest absolute Gasteiger partial charge is 0.368 e. The van der Waals surface area contributed by atoms with E-state index in [-0.39, 0.29) is 5.56 Å². The van der Waals surface area contributed by atoms with Crippen molar-refractivity contribution in [2.45, 2.75) is 6.54 Å². The quantitative estimate of drug-likeness (QED) is 0.689. The van der Waals surface area contributed by atoms with Gasteiger partial charge < -0.3 is 15.0 Å². The van der Waals surface area contributed by atoms with Gasteiger partial charge in [0.05, 0.1) is 16.9 Å². The van der Waals surface area contributed by atoms with E-state index in [1.807, 2.05) is 39.9 Å². The number of anilines is 1. The molecular formula is C19H19BrFN5O. The third-order valence-electron chi connectivity index (χ3n) is 4.79. The minimum Gasteiger partial charge on any atom is -0.368 e. The number of carbonyl (C=O) groups excluding carboxylic acids is 1. The van der Waals surface area contributed by atoms with Crippen molar-refractivity contribution in [2.24, 2.45) is 5.73 Å². The zero-order chi connectivity index (χ0) is 19.0. The molecule has 1 saturated heterocycles. The van der Waals surface area contributed by atoms with Gasteiger partial charge >= 0.3 is 0 Å². The molecule has 1 aromatic carbocycles. The van der Waals surface area contributed by atoms with E-state index in [1.165, 1.54) is 6.07 Å². The number of imidazole rings is 1. The van der Waals surface area contributed by atoms with E-state index >= 15 is 0 Å². The van der Waals surface area contributed by atoms with Gasteiger partial charge in [0.1, 0.15) is 11.5 Å². The number of rotatable bonds is 4. The van der Waals surface area contributed by atoms with Crippen molar-refractivity contribution in [3.8, 4) is 0 Å². The first-order valence-corrected chi connectivity index (χ1v) is 9.49. The van der Waals surface area contributed by atoms with Crippen LogP contribution in [0.5, 0.6) is 0 Å². The monoisotopic (exact) mass is 431 g/mol. The molecule has 1 aliphatic rings. The van der Waals surface area contributed by atoms with Crippen LogP contribution in [-0.2, 0) is 6.54 Å². The maximum atomic E-state index is 14.2. The Balaban J connectivity index is 1.47. The number of nitrogens with two attached hydrogens (primary N) is 1. The number of aromatic nitrogens is 2. The van der Waals surface area contributed by atoms with Crippen molar-refractivity contribution in [3.05, 3.63) is 64.3 Å². The number of nitrogens with zero attached hydrogens (tertiary/aromatic N) is 4. The zero-order valence-electron chi connectivity index (χ0n) is 14.6. The second kappa shape index (κ2) is 7.28. The molecule has 2 N–H and O–H groups in total. The molecule has 8 heteroatoms. The van der Waals surface area contributed by atoms with Crippen molar-refractivity contribution in [1.29, 1.82) is 0 Å². The van der Waals surface area contributed by atoms with Gasteiger partial charge in [0.25, 0.3) is 5.91 Å². The molecule has 3 heterocycles. The molecule has 1 amide bonds. The molecule has 0 spiro atoms. The summed E-state index contributed by atoms with van der Waals surface area (Å²) in [6, 6.07) is 8.95. The van der Waals surface area contributed by atoms with Crippen LogP contribution in [0.15, 0.2) is 47.2 Å². The Bertz CT molecular complexity index is 964. The molecule has 140 valence electrons. The standard InChI is InChI=1S/C19H19BrFN5O/c20-13-9-15(21)18(19(22)27)16(10-13)25-7-5-24(6-8-25)11-14-12-26-4-2-1-3-17(26)23-14/h1-4,9-10,12H,5-8,11H2,(H2,22,27). The maximum absolute atomic E-state index is 14.2. The molecule has 27 heavy (non-hydrogen) atoms. The van der Waals surface area contributed by atoms with Crippen molar-refractivity contribution in [3.63, 3.8) is 0 Å². The molecule has 1 aliphatic heterocycles. The first kappa shape index (κ1) is 17.9. The third-order valence-corrected chi connectivity index (χ3v) is 5.25. The SMILES string of the molecule is NC(=O)c1c(F)cc(Br)cc1N1CCN(Cc2cn3ccccc3n2)CC1. The summed E-state index contributed by atoms with van der Waals surface area (Å²) >= 11 is 3.30. The zero-order valence-corrected chi connectivity index (χ0v) is 16.2. The molecule has 0 bridgehead atoms. The number of primary amides is 1. The van der Waals surface area contributed by atoms with Crippen LogP contribution in [0.3, 0.4) is 0 Å². The van der Waals surface area contributed by atoms with E-state index in [0.29, 0.717) is 23.2 Å². The number of pyridine rings is 1. The average Bonchev–Trinajstić information content (AvgIpc) is 3.03. The summed E-state index contributed by atoms with van der Waals surface area (Å²) in [4.78, 5) is 20.7. The van der Waals surface area contributed by atoms with Gasteiger partial charge in [-0.1, -0.05) is 22.0 Å². The Morgan fingerprint density at radius 1 is 1.22 bits per heavy atom. The summed E-state index contributed by atoms with van der Waals surface area (Å²) in [6.45, 7) is 3.71. The van der Waals surface area contributed by atoms with Crippen LogP contribution in [-0.4, -0.2) is 46.4 Å². The lowest BCUT2D eigenvalue weighted by molar-refractivity contribution is 0.0996. The summed E-state index contributed by atoms with van der Waals surface area (Å²) in [5.41, 5.74) is 7.84. The average molecular weight is 432 g/mol. The minimum atomic E-state index is -0.748. The topological polar surface area (TPSA) is 66.9 Å². The number of fused-ring (bicyclic) bond motifs is 1. The van der Waals surface area contributed by atoms with Crippen LogP contribution in [0.25, 0.3) is 5.65 Å². The van der Waals surface area contributed by atoms with E-state index in [4.69, 9.17) is 5.73 Å². The summed E-state index contributed by atoms with van der Waals surface area (Å²) in [6.07, 6.45) is 4.02. The Hall–Kier alpha value is -2.45. The highest BCUT2D eigenvalue weighted by atomic mass is 79.9. The van der Waals surface area contributed by atoms with Gasteiger partial charge in [-0.25, -0.2) is 9.37 Å². The van der Waals surface area contributed by atoms with Crippen LogP contribution in [0, 0.1) is 5.82 Å². The van der Waals surface area contributed by atoms with Crippen LogP contribution < -0.4 is 10.6 Å². The number of hydrogen-bond donors (Lipinski definition) is 1. The van der Waals surface area contributed by atoms with Gasteiger partial charge in [-0.3, -0.25) is 9.69 Å². The summed E-state index contributed by atoms with van der Waals surface area (Å²) in [7, 11) is 0. The first-order chi connectivity index (χ1) is 13.0. The van der Waals surface area contributed by atoms with E-state index in [9.17, 15) is 9.18 Å². The summed E-state index contributed by atoms with van der Waals surface area (Å²) in [5, 5.41) is 0. The highest BCUT2D eigenvalue weighted by molar-refractivity contribution is 9.10. The fourth-order valence-corrected chi connectivity index (χ4v) is 3.91. The van der Waals surface area contributed by atoms with Gasteiger partial charge in [-0.15, -0.1) is 0 Å². The van der Waals surface area contributed by atoms with Crippen LogP contribution in [0.2, 0.25) is 0 Å². The van der Waals surface area contributed by atoms with E-state index in [1.54, 1.807) is 6.07 Å². The molecule has 6 nitrogen and oxygen atoms in total. The smallest absolute Gasteiger partial charge is 0.253 e. The van der Waals surface area contributed by atoms with Crippen molar-refractivity contribution in [1.82, 2.24) is 14.3 Å². The van der Waals surface area contributed by atoms with E-state index in [2.05, 4.69) is 25.8 Å².